The van der Waals surface area contributed by atoms with Crippen LogP contribution in [0.4, 0.5) is 0 Å². The van der Waals surface area contributed by atoms with Crippen LogP contribution in [0.5, 0.6) is 0 Å². The third-order valence-electron chi connectivity index (χ3n) is 5.87. The van der Waals surface area contributed by atoms with Crippen molar-refractivity contribution >= 4 is 27.3 Å². The molecule has 10 heteroatoms. The quantitative estimate of drug-likeness (QED) is 0.399. The second-order valence-corrected chi connectivity index (χ2v) is 10.9. The molecule has 0 fully saturated rings. The van der Waals surface area contributed by atoms with E-state index in [-0.39, 0.29) is 17.0 Å². The Morgan fingerprint density at radius 3 is 2.36 bits per heavy atom. The zero-order valence-corrected chi connectivity index (χ0v) is 21.7. The van der Waals surface area contributed by atoms with Gasteiger partial charge in [-0.25, -0.2) is 8.42 Å². The number of aromatic nitrogens is 2. The number of carbonyl (C=O) groups excluding carboxylic acids is 1. The second-order valence-electron chi connectivity index (χ2n) is 8.48. The highest BCUT2D eigenvalue weighted by molar-refractivity contribution is 7.90. The molecule has 0 saturated heterocycles. The topological polar surface area (TPSA) is 111 Å². The van der Waals surface area contributed by atoms with Gasteiger partial charge in [-0.15, -0.1) is 0 Å². The molecule has 0 aliphatic heterocycles. The van der Waals surface area contributed by atoms with Gasteiger partial charge in [0.05, 0.1) is 16.3 Å². The van der Waals surface area contributed by atoms with Gasteiger partial charge in [0.1, 0.15) is 11.3 Å². The Hall–Kier alpha value is -3.69. The summed E-state index contributed by atoms with van der Waals surface area (Å²) in [6.45, 7) is 5.45. The summed E-state index contributed by atoms with van der Waals surface area (Å²) in [6.07, 6.45) is 1.13. The molecule has 0 spiro atoms. The summed E-state index contributed by atoms with van der Waals surface area (Å²) < 4.78 is 30.1. The van der Waals surface area contributed by atoms with Crippen molar-refractivity contribution < 1.29 is 17.7 Å². The molecule has 0 saturated carbocycles. The first-order chi connectivity index (χ1) is 17.0. The number of amides is 1. The van der Waals surface area contributed by atoms with Gasteiger partial charge in [0.2, 0.25) is 0 Å². The number of hydrogen-bond donors (Lipinski definition) is 1. The minimum absolute atomic E-state index is 0.0664. The van der Waals surface area contributed by atoms with Gasteiger partial charge < -0.3 is 9.84 Å². The zero-order valence-electron chi connectivity index (χ0n) is 20.1. The van der Waals surface area contributed by atoms with Gasteiger partial charge in [-0.1, -0.05) is 35.0 Å². The van der Waals surface area contributed by atoms with E-state index in [2.05, 4.69) is 10.5 Å². The van der Waals surface area contributed by atoms with Gasteiger partial charge in [0.25, 0.3) is 11.5 Å². The normalized spacial score (nSPS) is 11.5. The highest BCUT2D eigenvalue weighted by atomic mass is 35.5. The van der Waals surface area contributed by atoms with Crippen molar-refractivity contribution in [3.63, 3.8) is 0 Å². The van der Waals surface area contributed by atoms with Gasteiger partial charge in [-0.05, 0) is 62.7 Å². The molecular formula is C26H24ClN3O5S. The van der Waals surface area contributed by atoms with Crippen LogP contribution in [0.3, 0.4) is 0 Å². The average Bonchev–Trinajstić information content (AvgIpc) is 3.15. The summed E-state index contributed by atoms with van der Waals surface area (Å²) in [7, 11) is -3.32. The minimum atomic E-state index is -3.32. The molecule has 36 heavy (non-hydrogen) atoms. The van der Waals surface area contributed by atoms with E-state index in [0.29, 0.717) is 44.5 Å². The molecular weight excluding hydrogens is 502 g/mol. The third-order valence-corrected chi connectivity index (χ3v) is 7.23. The molecule has 0 radical (unpaired) electrons. The fourth-order valence-corrected chi connectivity index (χ4v) is 4.86. The van der Waals surface area contributed by atoms with E-state index in [1.165, 1.54) is 16.7 Å². The van der Waals surface area contributed by atoms with E-state index in [9.17, 15) is 18.0 Å². The molecule has 2 aromatic heterocycles. The lowest BCUT2D eigenvalue weighted by molar-refractivity contribution is 0.0949. The van der Waals surface area contributed by atoms with E-state index in [4.69, 9.17) is 16.1 Å². The number of hydrogen-bond acceptors (Lipinski definition) is 6. The second kappa shape index (κ2) is 9.75. The van der Waals surface area contributed by atoms with Crippen molar-refractivity contribution in [3.05, 3.63) is 98.2 Å². The predicted octanol–water partition coefficient (Wildman–Crippen LogP) is 4.40. The number of nitrogens with one attached hydrogen (secondary N) is 1. The van der Waals surface area contributed by atoms with Crippen LogP contribution in [0.15, 0.2) is 68.8 Å². The number of nitrogens with zero attached hydrogens (tertiary/aromatic N) is 2. The first kappa shape index (κ1) is 25.4. The summed E-state index contributed by atoms with van der Waals surface area (Å²) in [5.74, 6) is -0.0137. The number of rotatable bonds is 6. The predicted molar refractivity (Wildman–Crippen MR) is 137 cm³/mol. The zero-order chi connectivity index (χ0) is 26.2. The molecule has 0 aliphatic rings. The molecule has 4 aromatic rings. The van der Waals surface area contributed by atoms with Crippen LogP contribution in [0, 0.1) is 20.8 Å². The number of sulfone groups is 1. The lowest BCUT2D eigenvalue weighted by Gasteiger charge is -2.17. The number of halogens is 1. The Kier molecular flexibility index (Phi) is 6.88. The van der Waals surface area contributed by atoms with Crippen LogP contribution in [0.25, 0.3) is 16.8 Å². The minimum Gasteiger partial charge on any atom is -0.361 e. The van der Waals surface area contributed by atoms with Crippen molar-refractivity contribution in [1.82, 2.24) is 15.0 Å². The van der Waals surface area contributed by atoms with Crippen molar-refractivity contribution in [2.24, 2.45) is 0 Å². The standard InChI is InChI=1S/C26H24ClN3O5S/c1-15-24(17(3)35-29-15)22-13-23(26(32)30(16(22)2)20-7-5-6-19(27)12-20)25(31)28-14-18-8-10-21(11-9-18)36(4,33)34/h5-13H,14H2,1-4H3,(H,28,31). The highest BCUT2D eigenvalue weighted by Gasteiger charge is 2.23. The molecule has 0 atom stereocenters. The maximum Gasteiger partial charge on any atom is 0.268 e. The SMILES string of the molecule is Cc1noc(C)c1-c1cc(C(=O)NCc2ccc(S(C)(=O)=O)cc2)c(=O)n(-c2cccc(Cl)c2)c1C. The van der Waals surface area contributed by atoms with Crippen molar-refractivity contribution in [3.8, 4) is 16.8 Å². The van der Waals surface area contributed by atoms with Crippen molar-refractivity contribution in [2.45, 2.75) is 32.2 Å². The summed E-state index contributed by atoms with van der Waals surface area (Å²) in [5.41, 5.74) is 3.20. The summed E-state index contributed by atoms with van der Waals surface area (Å²) >= 11 is 6.19. The van der Waals surface area contributed by atoms with E-state index >= 15 is 0 Å². The number of pyridine rings is 1. The van der Waals surface area contributed by atoms with Gasteiger partial charge in [-0.2, -0.15) is 0 Å². The Labute approximate surface area is 213 Å². The summed E-state index contributed by atoms with van der Waals surface area (Å²) in [6, 6.07) is 14.6. The molecule has 2 heterocycles. The summed E-state index contributed by atoms with van der Waals surface area (Å²) in [5, 5.41) is 7.23. The third kappa shape index (κ3) is 4.98. The van der Waals surface area contributed by atoms with E-state index in [1.807, 2.05) is 0 Å². The molecule has 0 aliphatic carbocycles. The van der Waals surface area contributed by atoms with Crippen molar-refractivity contribution in [2.75, 3.05) is 6.26 Å². The Morgan fingerprint density at radius 2 is 1.78 bits per heavy atom. The molecule has 4 rings (SSSR count). The number of carbonyl (C=O) groups is 1. The van der Waals surface area contributed by atoms with Gasteiger partial charge >= 0.3 is 0 Å². The molecule has 0 bridgehead atoms. The molecule has 8 nitrogen and oxygen atoms in total. The van der Waals surface area contributed by atoms with Gasteiger partial charge in [0.15, 0.2) is 9.84 Å². The molecule has 1 amide bonds. The van der Waals surface area contributed by atoms with Crippen molar-refractivity contribution in [1.29, 1.82) is 0 Å². The maximum atomic E-state index is 13.6. The van der Waals surface area contributed by atoms with E-state index < -0.39 is 21.3 Å². The summed E-state index contributed by atoms with van der Waals surface area (Å²) in [4.78, 5) is 27.0. The lowest BCUT2D eigenvalue weighted by Crippen LogP contribution is -2.33. The molecule has 0 unspecified atom stereocenters. The van der Waals surface area contributed by atoms with E-state index in [1.54, 1.807) is 63.2 Å². The van der Waals surface area contributed by atoms with E-state index in [0.717, 1.165) is 6.26 Å². The molecule has 1 N–H and O–H groups in total. The largest absolute Gasteiger partial charge is 0.361 e. The van der Waals surface area contributed by atoms with Crippen LogP contribution < -0.4 is 10.9 Å². The Bertz CT molecular complexity index is 1620. The maximum absolute atomic E-state index is 13.6. The Morgan fingerprint density at radius 1 is 1.08 bits per heavy atom. The highest BCUT2D eigenvalue weighted by Crippen LogP contribution is 2.31. The van der Waals surface area contributed by atoms with Gasteiger partial charge in [0, 0.05) is 34.6 Å². The number of aryl methyl sites for hydroxylation is 2. The smallest absolute Gasteiger partial charge is 0.268 e. The fraction of sp³-hybridized carbons (Fsp3) is 0.192. The van der Waals surface area contributed by atoms with Crippen LogP contribution >= 0.6 is 11.6 Å². The van der Waals surface area contributed by atoms with Crippen LogP contribution in [0.1, 0.15) is 33.1 Å². The number of benzene rings is 2. The first-order valence-electron chi connectivity index (χ1n) is 11.0. The average molecular weight is 526 g/mol. The van der Waals surface area contributed by atoms with Crippen LogP contribution in [0.2, 0.25) is 5.02 Å². The van der Waals surface area contributed by atoms with Gasteiger partial charge in [-0.3, -0.25) is 14.2 Å². The first-order valence-corrected chi connectivity index (χ1v) is 13.3. The fourth-order valence-electron chi connectivity index (χ4n) is 4.05. The monoisotopic (exact) mass is 525 g/mol. The lowest BCUT2D eigenvalue weighted by atomic mass is 9.99. The Balaban J connectivity index is 1.78. The molecule has 2 aromatic carbocycles. The van der Waals surface area contributed by atoms with Crippen LogP contribution in [-0.2, 0) is 16.4 Å². The van der Waals surface area contributed by atoms with Crippen LogP contribution in [-0.4, -0.2) is 30.3 Å². The molecule has 186 valence electrons.